The SMILES string of the molecule is CCCCCCCCCCCCNCCCCCSC. The highest BCUT2D eigenvalue weighted by Gasteiger charge is 1.93. The van der Waals surface area contributed by atoms with Gasteiger partial charge in [-0.25, -0.2) is 0 Å². The molecule has 0 atom stereocenters. The minimum absolute atomic E-state index is 1.23. The molecule has 0 aliphatic carbocycles. The van der Waals surface area contributed by atoms with Crippen LogP contribution in [0.2, 0.25) is 0 Å². The van der Waals surface area contributed by atoms with Gasteiger partial charge < -0.3 is 5.32 Å². The van der Waals surface area contributed by atoms with Crippen molar-refractivity contribution >= 4 is 11.8 Å². The molecule has 0 spiro atoms. The van der Waals surface area contributed by atoms with E-state index in [-0.39, 0.29) is 0 Å². The predicted molar refractivity (Wildman–Crippen MR) is 96.9 cm³/mol. The fourth-order valence-electron chi connectivity index (χ4n) is 2.54. The normalized spacial score (nSPS) is 11.1. The summed E-state index contributed by atoms with van der Waals surface area (Å²) in [5.74, 6) is 1.33. The van der Waals surface area contributed by atoms with Crippen LogP contribution in [0.4, 0.5) is 0 Å². The Bertz CT molecular complexity index is 143. The summed E-state index contributed by atoms with van der Waals surface area (Å²) in [7, 11) is 0. The van der Waals surface area contributed by atoms with E-state index in [0.717, 1.165) is 0 Å². The van der Waals surface area contributed by atoms with Crippen LogP contribution in [-0.4, -0.2) is 25.1 Å². The summed E-state index contributed by atoms with van der Waals surface area (Å²) in [5, 5.41) is 3.58. The summed E-state index contributed by atoms with van der Waals surface area (Å²) in [6.45, 7) is 4.75. The third kappa shape index (κ3) is 18.3. The van der Waals surface area contributed by atoms with Gasteiger partial charge in [-0.3, -0.25) is 0 Å². The molecule has 0 rings (SSSR count). The number of hydrogen-bond acceptors (Lipinski definition) is 2. The molecule has 20 heavy (non-hydrogen) atoms. The van der Waals surface area contributed by atoms with Gasteiger partial charge in [0.1, 0.15) is 0 Å². The first-order chi connectivity index (χ1) is 9.91. The van der Waals surface area contributed by atoms with Crippen molar-refractivity contribution < 1.29 is 0 Å². The topological polar surface area (TPSA) is 12.0 Å². The molecular formula is C18H39NS. The average molecular weight is 302 g/mol. The van der Waals surface area contributed by atoms with Crippen LogP contribution >= 0.6 is 11.8 Å². The van der Waals surface area contributed by atoms with Crippen molar-refractivity contribution in [1.29, 1.82) is 0 Å². The van der Waals surface area contributed by atoms with E-state index in [4.69, 9.17) is 0 Å². The molecule has 1 nitrogen and oxygen atoms in total. The predicted octanol–water partition coefficient (Wildman–Crippen LogP) is 6.03. The zero-order valence-electron chi connectivity index (χ0n) is 14.2. The molecule has 0 saturated heterocycles. The summed E-state index contributed by atoms with van der Waals surface area (Å²) >= 11 is 1.97. The summed E-state index contributed by atoms with van der Waals surface area (Å²) in [6.07, 6.45) is 20.7. The summed E-state index contributed by atoms with van der Waals surface area (Å²) in [5.41, 5.74) is 0. The maximum atomic E-state index is 3.58. The van der Waals surface area contributed by atoms with Gasteiger partial charge in [-0.15, -0.1) is 0 Å². The standard InChI is InChI=1S/C18H39NS/c1-3-4-5-6-7-8-9-10-11-13-16-19-17-14-12-15-18-20-2/h19H,3-18H2,1-2H3. The molecule has 2 heteroatoms. The Hall–Kier alpha value is 0.310. The van der Waals surface area contributed by atoms with Crippen molar-refractivity contribution in [3.63, 3.8) is 0 Å². The van der Waals surface area contributed by atoms with Crippen LogP contribution in [-0.2, 0) is 0 Å². The second-order valence-corrected chi connectivity index (χ2v) is 6.97. The van der Waals surface area contributed by atoms with Crippen LogP contribution in [0.25, 0.3) is 0 Å². The largest absolute Gasteiger partial charge is 0.317 e. The highest BCUT2D eigenvalue weighted by Crippen LogP contribution is 2.10. The van der Waals surface area contributed by atoms with Crippen LogP contribution in [0.1, 0.15) is 90.4 Å². The average Bonchev–Trinajstić information content (AvgIpc) is 2.47. The molecule has 0 aliphatic rings. The van der Waals surface area contributed by atoms with E-state index in [1.807, 2.05) is 11.8 Å². The van der Waals surface area contributed by atoms with E-state index in [1.54, 1.807) is 0 Å². The molecular weight excluding hydrogens is 262 g/mol. The monoisotopic (exact) mass is 301 g/mol. The summed E-state index contributed by atoms with van der Waals surface area (Å²) in [4.78, 5) is 0. The van der Waals surface area contributed by atoms with Gasteiger partial charge in [0, 0.05) is 0 Å². The van der Waals surface area contributed by atoms with Crippen molar-refractivity contribution in [2.24, 2.45) is 0 Å². The van der Waals surface area contributed by atoms with Gasteiger partial charge in [0.2, 0.25) is 0 Å². The molecule has 0 amide bonds. The van der Waals surface area contributed by atoms with Gasteiger partial charge in [0.15, 0.2) is 0 Å². The zero-order chi connectivity index (χ0) is 14.7. The highest BCUT2D eigenvalue weighted by atomic mass is 32.2. The van der Waals surface area contributed by atoms with Gasteiger partial charge in [0.05, 0.1) is 0 Å². The Morgan fingerprint density at radius 3 is 1.55 bits per heavy atom. The van der Waals surface area contributed by atoms with Crippen LogP contribution in [0.15, 0.2) is 0 Å². The van der Waals surface area contributed by atoms with Crippen molar-refractivity contribution in [2.75, 3.05) is 25.1 Å². The summed E-state index contributed by atoms with van der Waals surface area (Å²) in [6, 6.07) is 0. The maximum Gasteiger partial charge on any atom is -0.00489 e. The second kappa shape index (κ2) is 19.3. The Morgan fingerprint density at radius 2 is 1.05 bits per heavy atom. The molecule has 0 radical (unpaired) electrons. The van der Waals surface area contributed by atoms with E-state index < -0.39 is 0 Å². The van der Waals surface area contributed by atoms with Crippen molar-refractivity contribution in [3.05, 3.63) is 0 Å². The van der Waals surface area contributed by atoms with Crippen LogP contribution < -0.4 is 5.32 Å². The van der Waals surface area contributed by atoms with Gasteiger partial charge in [-0.2, -0.15) is 11.8 Å². The minimum Gasteiger partial charge on any atom is -0.317 e. The molecule has 0 saturated carbocycles. The number of nitrogens with one attached hydrogen (secondary N) is 1. The van der Waals surface area contributed by atoms with Crippen molar-refractivity contribution in [3.8, 4) is 0 Å². The maximum absolute atomic E-state index is 3.58. The lowest BCUT2D eigenvalue weighted by molar-refractivity contribution is 0.538. The lowest BCUT2D eigenvalue weighted by atomic mass is 10.1. The molecule has 122 valence electrons. The van der Waals surface area contributed by atoms with E-state index in [2.05, 4.69) is 18.5 Å². The van der Waals surface area contributed by atoms with Gasteiger partial charge in [-0.05, 0) is 44.4 Å². The molecule has 0 aliphatic heterocycles. The van der Waals surface area contributed by atoms with Crippen molar-refractivity contribution in [1.82, 2.24) is 5.32 Å². The van der Waals surface area contributed by atoms with E-state index >= 15 is 0 Å². The van der Waals surface area contributed by atoms with E-state index in [1.165, 1.54) is 102 Å². The zero-order valence-corrected chi connectivity index (χ0v) is 15.0. The molecule has 0 heterocycles. The first-order valence-corrected chi connectivity index (χ1v) is 10.5. The molecule has 0 aromatic heterocycles. The molecule has 0 aromatic carbocycles. The highest BCUT2D eigenvalue weighted by molar-refractivity contribution is 7.98. The number of rotatable bonds is 17. The lowest BCUT2D eigenvalue weighted by Crippen LogP contribution is -2.16. The van der Waals surface area contributed by atoms with Crippen molar-refractivity contribution in [2.45, 2.75) is 90.4 Å². The third-order valence-corrected chi connectivity index (χ3v) is 4.61. The van der Waals surface area contributed by atoms with Crippen LogP contribution in [0, 0.1) is 0 Å². The second-order valence-electron chi connectivity index (χ2n) is 5.99. The fourth-order valence-corrected chi connectivity index (χ4v) is 3.03. The molecule has 1 N–H and O–H groups in total. The number of thioether (sulfide) groups is 1. The third-order valence-electron chi connectivity index (χ3n) is 3.91. The number of hydrogen-bond donors (Lipinski definition) is 1. The fraction of sp³-hybridized carbons (Fsp3) is 1.00. The van der Waals surface area contributed by atoms with Gasteiger partial charge in [-0.1, -0.05) is 71.1 Å². The minimum atomic E-state index is 1.23. The molecule has 0 aromatic rings. The quantitative estimate of drug-likeness (QED) is 0.329. The van der Waals surface area contributed by atoms with Crippen LogP contribution in [0.5, 0.6) is 0 Å². The first kappa shape index (κ1) is 20.3. The Kier molecular flexibility index (Phi) is 19.6. The van der Waals surface area contributed by atoms with Crippen LogP contribution in [0.3, 0.4) is 0 Å². The Morgan fingerprint density at radius 1 is 0.600 bits per heavy atom. The molecule has 0 bridgehead atoms. The molecule has 0 unspecified atom stereocenters. The van der Waals surface area contributed by atoms with E-state index in [0.29, 0.717) is 0 Å². The lowest BCUT2D eigenvalue weighted by Gasteiger charge is -2.05. The smallest absolute Gasteiger partial charge is 0.00489 e. The number of unbranched alkanes of at least 4 members (excludes halogenated alkanes) is 11. The van der Waals surface area contributed by atoms with E-state index in [9.17, 15) is 0 Å². The molecule has 0 fully saturated rings. The first-order valence-electron chi connectivity index (χ1n) is 9.11. The van der Waals surface area contributed by atoms with Gasteiger partial charge in [0.25, 0.3) is 0 Å². The Balaban J connectivity index is 2.89. The Labute approximate surface area is 133 Å². The summed E-state index contributed by atoms with van der Waals surface area (Å²) < 4.78 is 0. The van der Waals surface area contributed by atoms with Gasteiger partial charge >= 0.3 is 0 Å².